The van der Waals surface area contributed by atoms with E-state index in [0.717, 1.165) is 19.6 Å². The quantitative estimate of drug-likeness (QED) is 0.820. The zero-order valence-corrected chi connectivity index (χ0v) is 16.8. The molecule has 1 aromatic carbocycles. The van der Waals surface area contributed by atoms with Crippen LogP contribution in [0.4, 0.5) is 0 Å². The Balaban J connectivity index is 0.00000109. The molecule has 0 amide bonds. The van der Waals surface area contributed by atoms with Gasteiger partial charge < -0.3 is 4.74 Å². The summed E-state index contributed by atoms with van der Waals surface area (Å²) in [5.74, 6) is 0. The van der Waals surface area contributed by atoms with Gasteiger partial charge >= 0.3 is 0 Å². The molecule has 0 radical (unpaired) electrons. The van der Waals surface area contributed by atoms with E-state index in [9.17, 15) is 8.42 Å². The maximum Gasteiger partial charge on any atom is 0.243 e. The van der Waals surface area contributed by atoms with Crippen LogP contribution in [0.3, 0.4) is 0 Å². The topological polar surface area (TPSA) is 49.9 Å². The summed E-state index contributed by atoms with van der Waals surface area (Å²) >= 11 is 0. The van der Waals surface area contributed by atoms with Crippen LogP contribution >= 0.6 is 0 Å². The van der Waals surface area contributed by atoms with Crippen LogP contribution in [-0.4, -0.2) is 57.0 Å². The number of rotatable bonds is 4. The van der Waals surface area contributed by atoms with Crippen molar-refractivity contribution in [3.8, 4) is 0 Å². The Morgan fingerprint density at radius 2 is 1.64 bits per heavy atom. The van der Waals surface area contributed by atoms with Crippen molar-refractivity contribution in [2.45, 2.75) is 45.6 Å². The average Bonchev–Trinajstić information content (AvgIpc) is 2.96. The van der Waals surface area contributed by atoms with E-state index < -0.39 is 10.0 Å². The molecule has 142 valence electrons. The molecule has 3 rings (SSSR count). The van der Waals surface area contributed by atoms with E-state index in [1.54, 1.807) is 12.1 Å². The first kappa shape index (κ1) is 20.4. The lowest BCUT2D eigenvalue weighted by Crippen LogP contribution is -2.40. The van der Waals surface area contributed by atoms with E-state index in [2.05, 4.69) is 18.7 Å². The molecular weight excluding hydrogens is 336 g/mol. The second-order valence-electron chi connectivity index (χ2n) is 7.29. The smallest absolute Gasteiger partial charge is 0.243 e. The molecule has 5 nitrogen and oxygen atoms in total. The number of sulfonamides is 1. The fourth-order valence-electron chi connectivity index (χ4n) is 3.32. The minimum atomic E-state index is -3.38. The largest absolute Gasteiger partial charge is 0.379 e. The number of benzene rings is 1. The van der Waals surface area contributed by atoms with Crippen molar-refractivity contribution in [2.75, 3.05) is 39.4 Å². The zero-order chi connectivity index (χ0) is 18.5. The Labute approximate surface area is 153 Å². The summed E-state index contributed by atoms with van der Waals surface area (Å²) in [6.07, 6.45) is 1.22. The van der Waals surface area contributed by atoms with E-state index in [0.29, 0.717) is 36.6 Å². The molecule has 2 heterocycles. The number of nitrogens with zero attached hydrogens (tertiary/aromatic N) is 2. The van der Waals surface area contributed by atoms with Gasteiger partial charge in [0.05, 0.1) is 18.1 Å². The summed E-state index contributed by atoms with van der Waals surface area (Å²) in [5.41, 5.74) is 1.56. The van der Waals surface area contributed by atoms with E-state index in [1.807, 2.05) is 26.0 Å². The van der Waals surface area contributed by atoms with E-state index in [-0.39, 0.29) is 0 Å². The number of ether oxygens (including phenoxy) is 1. The van der Waals surface area contributed by atoms with Crippen LogP contribution in [0.15, 0.2) is 29.2 Å². The van der Waals surface area contributed by atoms with Gasteiger partial charge in [-0.25, -0.2) is 8.42 Å². The first-order chi connectivity index (χ1) is 11.9. The maximum absolute atomic E-state index is 12.6. The third-order valence-electron chi connectivity index (χ3n) is 4.69. The normalized spacial score (nSPS) is 21.6. The molecule has 0 bridgehead atoms. The fourth-order valence-corrected chi connectivity index (χ4v) is 4.73. The molecule has 0 aliphatic carbocycles. The standard InChI is InChI=1S/C17H26N2O3S.C2H6/c1-17(2)7-8-18(14-17)13-15-3-5-16(6-4-15)23(20,21)19-9-11-22-12-10-19;1-2/h3-6H,7-14H2,1-2H3;1-2H3. The lowest BCUT2D eigenvalue weighted by atomic mass is 9.93. The van der Waals surface area contributed by atoms with Gasteiger partial charge in [0, 0.05) is 26.2 Å². The van der Waals surface area contributed by atoms with Crippen LogP contribution in [-0.2, 0) is 21.3 Å². The van der Waals surface area contributed by atoms with Gasteiger partial charge in [0.25, 0.3) is 0 Å². The predicted octanol–water partition coefficient (Wildman–Crippen LogP) is 2.97. The fraction of sp³-hybridized carbons (Fsp3) is 0.684. The van der Waals surface area contributed by atoms with E-state index >= 15 is 0 Å². The minimum Gasteiger partial charge on any atom is -0.379 e. The molecule has 0 aromatic heterocycles. The van der Waals surface area contributed by atoms with E-state index in [1.165, 1.54) is 16.3 Å². The minimum absolute atomic E-state index is 0.380. The van der Waals surface area contributed by atoms with Crippen molar-refractivity contribution in [1.82, 2.24) is 9.21 Å². The number of hydrogen-bond acceptors (Lipinski definition) is 4. The summed E-state index contributed by atoms with van der Waals surface area (Å²) < 4.78 is 31.9. The summed E-state index contributed by atoms with van der Waals surface area (Å²) in [7, 11) is -3.38. The SMILES string of the molecule is CC.CC1(C)CCN(Cc2ccc(S(=O)(=O)N3CCOCC3)cc2)C1. The van der Waals surface area contributed by atoms with Crippen LogP contribution < -0.4 is 0 Å². The lowest BCUT2D eigenvalue weighted by Gasteiger charge is -2.26. The molecule has 0 spiro atoms. The Kier molecular flexibility index (Phi) is 7.02. The highest BCUT2D eigenvalue weighted by Crippen LogP contribution is 2.29. The van der Waals surface area contributed by atoms with Crippen LogP contribution in [0.25, 0.3) is 0 Å². The molecule has 2 saturated heterocycles. The van der Waals surface area contributed by atoms with Gasteiger partial charge in [-0.3, -0.25) is 4.90 Å². The zero-order valence-electron chi connectivity index (χ0n) is 16.0. The summed E-state index contributed by atoms with van der Waals surface area (Å²) in [4.78, 5) is 2.82. The van der Waals surface area contributed by atoms with Crippen LogP contribution in [0, 0.1) is 5.41 Å². The Hall–Kier alpha value is -0.950. The van der Waals surface area contributed by atoms with Crippen molar-refractivity contribution in [2.24, 2.45) is 5.41 Å². The van der Waals surface area contributed by atoms with Gasteiger partial charge in [-0.2, -0.15) is 4.31 Å². The van der Waals surface area contributed by atoms with Gasteiger partial charge in [0.15, 0.2) is 0 Å². The van der Waals surface area contributed by atoms with Crippen LogP contribution in [0.1, 0.15) is 39.7 Å². The van der Waals surface area contributed by atoms with Crippen molar-refractivity contribution in [3.63, 3.8) is 0 Å². The summed E-state index contributed by atoms with van der Waals surface area (Å²) in [6, 6.07) is 7.36. The molecule has 0 N–H and O–H groups in total. The first-order valence-electron chi connectivity index (χ1n) is 9.26. The third kappa shape index (κ3) is 5.26. The Bertz CT molecular complexity index is 635. The molecule has 6 heteroatoms. The Morgan fingerprint density at radius 1 is 1.04 bits per heavy atom. The monoisotopic (exact) mass is 368 g/mol. The summed E-state index contributed by atoms with van der Waals surface area (Å²) in [6.45, 7) is 13.5. The molecule has 0 atom stereocenters. The van der Waals surface area contributed by atoms with Gasteiger partial charge in [0.2, 0.25) is 10.0 Å². The number of morpholine rings is 1. The lowest BCUT2D eigenvalue weighted by molar-refractivity contribution is 0.0730. The van der Waals surface area contributed by atoms with Crippen molar-refractivity contribution in [1.29, 1.82) is 0 Å². The molecule has 0 saturated carbocycles. The average molecular weight is 369 g/mol. The Morgan fingerprint density at radius 3 is 2.16 bits per heavy atom. The van der Waals surface area contributed by atoms with E-state index in [4.69, 9.17) is 4.74 Å². The molecule has 0 unspecified atom stereocenters. The molecule has 2 aliphatic heterocycles. The highest BCUT2D eigenvalue weighted by Gasteiger charge is 2.29. The second-order valence-corrected chi connectivity index (χ2v) is 9.22. The van der Waals surface area contributed by atoms with Gasteiger partial charge in [-0.15, -0.1) is 0 Å². The van der Waals surface area contributed by atoms with Gasteiger partial charge in [-0.05, 0) is 36.1 Å². The highest BCUT2D eigenvalue weighted by atomic mass is 32.2. The molecule has 2 fully saturated rings. The number of likely N-dealkylation sites (tertiary alicyclic amines) is 1. The van der Waals surface area contributed by atoms with Crippen LogP contribution in [0.2, 0.25) is 0 Å². The van der Waals surface area contributed by atoms with Crippen molar-refractivity contribution < 1.29 is 13.2 Å². The summed E-state index contributed by atoms with van der Waals surface area (Å²) in [5, 5.41) is 0. The highest BCUT2D eigenvalue weighted by molar-refractivity contribution is 7.89. The second kappa shape index (κ2) is 8.62. The third-order valence-corrected chi connectivity index (χ3v) is 6.61. The molecular formula is C19H32N2O3S. The first-order valence-corrected chi connectivity index (χ1v) is 10.7. The maximum atomic E-state index is 12.6. The molecule has 2 aliphatic rings. The molecule has 1 aromatic rings. The van der Waals surface area contributed by atoms with Gasteiger partial charge in [0.1, 0.15) is 0 Å². The van der Waals surface area contributed by atoms with Crippen molar-refractivity contribution in [3.05, 3.63) is 29.8 Å². The van der Waals surface area contributed by atoms with Crippen LogP contribution in [0.5, 0.6) is 0 Å². The number of hydrogen-bond donors (Lipinski definition) is 0. The van der Waals surface area contributed by atoms with Crippen molar-refractivity contribution >= 4 is 10.0 Å². The predicted molar refractivity (Wildman–Crippen MR) is 101 cm³/mol. The molecule has 25 heavy (non-hydrogen) atoms. The van der Waals surface area contributed by atoms with Gasteiger partial charge in [-0.1, -0.05) is 39.8 Å².